The first-order valence-electron chi connectivity index (χ1n) is 0. The first kappa shape index (κ1) is 49.5. The molecule has 0 aliphatic carbocycles. The molecule has 6 heavy (non-hydrogen) atoms. The molecule has 6 heteroatoms. The first-order chi connectivity index (χ1) is 0. The van der Waals surface area contributed by atoms with Crippen molar-refractivity contribution >= 4 is 0 Å². The fourth-order valence-electron chi connectivity index (χ4n) is 0. The van der Waals surface area contributed by atoms with Gasteiger partial charge in [-0.2, -0.15) is 0 Å². The topological polar surface area (TPSA) is 0 Å². The summed E-state index contributed by atoms with van der Waals surface area (Å²) >= 11 is 0. The van der Waals surface area contributed by atoms with E-state index in [0.717, 1.165) is 0 Å². The van der Waals surface area contributed by atoms with Crippen molar-refractivity contribution in [1.82, 2.24) is 0 Å². The normalized spacial score (nSPS) is 0. The number of rotatable bonds is 0. The molecule has 0 saturated carbocycles. The molecule has 0 aromatic heterocycles. The zero-order valence-corrected chi connectivity index (χ0v) is 14.5. The Bertz CT molecular complexity index is 0. The van der Waals surface area contributed by atoms with Crippen molar-refractivity contribution in [1.29, 1.82) is 0 Å². The van der Waals surface area contributed by atoms with E-state index in [2.05, 4.69) is 0 Å². The third kappa shape index (κ3) is 24.2. The van der Waals surface area contributed by atoms with Crippen molar-refractivity contribution < 1.29 is 126 Å². The van der Waals surface area contributed by atoms with Crippen LogP contribution in [0.2, 0.25) is 0 Å². The smallest absolute Gasteiger partial charge is 0 e. The summed E-state index contributed by atoms with van der Waals surface area (Å²) < 4.78 is 0. The molecule has 0 nitrogen and oxygen atoms in total. The molecule has 0 aromatic carbocycles. The van der Waals surface area contributed by atoms with Gasteiger partial charge in [0.2, 0.25) is 0 Å². The summed E-state index contributed by atoms with van der Waals surface area (Å²) in [6.45, 7) is 0. The van der Waals surface area contributed by atoms with Gasteiger partial charge in [0.25, 0.3) is 0 Å². The van der Waals surface area contributed by atoms with Gasteiger partial charge in [-0.15, -0.1) is 0 Å². The van der Waals surface area contributed by atoms with E-state index >= 15 is 0 Å². The van der Waals surface area contributed by atoms with Gasteiger partial charge in [0, 0.05) is 126 Å². The summed E-state index contributed by atoms with van der Waals surface area (Å²) in [5.74, 6) is 0. The van der Waals surface area contributed by atoms with E-state index in [-0.39, 0.29) is 126 Å². The summed E-state index contributed by atoms with van der Waals surface area (Å²) in [5, 5.41) is 0. The molecule has 0 rings (SSSR count). The molecule has 0 aliphatic rings. The maximum atomic E-state index is 0. The van der Waals surface area contributed by atoms with Crippen molar-refractivity contribution in [2.24, 2.45) is 0 Å². The van der Waals surface area contributed by atoms with Crippen LogP contribution in [0.1, 0.15) is 0 Å². The Labute approximate surface area is 124 Å². The van der Waals surface area contributed by atoms with Crippen LogP contribution in [0.25, 0.3) is 0 Å². The monoisotopic (exact) mass is 587 g/mol. The van der Waals surface area contributed by atoms with E-state index in [1.54, 1.807) is 0 Å². The molecule has 0 unspecified atom stereocenters. The summed E-state index contributed by atoms with van der Waals surface area (Å²) in [4.78, 5) is 0. The van der Waals surface area contributed by atoms with Crippen LogP contribution in [-0.4, -0.2) is 0 Å². The second kappa shape index (κ2) is 35.4. The van der Waals surface area contributed by atoms with Gasteiger partial charge in [-0.1, -0.05) is 0 Å². The minimum Gasteiger partial charge on any atom is 0 e. The SMILES string of the molecule is [Mo].[Mo].[Mo].[Mo].[Mo].[Mo]. The van der Waals surface area contributed by atoms with Crippen molar-refractivity contribution in [3.05, 3.63) is 0 Å². The molecule has 0 atom stereocenters. The Hall–Kier alpha value is 4.13. The maximum absolute atomic E-state index is 0. The molecule has 0 heterocycles. The van der Waals surface area contributed by atoms with Gasteiger partial charge in [0.1, 0.15) is 0 Å². The molecule has 0 fully saturated rings. The van der Waals surface area contributed by atoms with Gasteiger partial charge >= 0.3 is 0 Å². The van der Waals surface area contributed by atoms with Gasteiger partial charge in [0.05, 0.1) is 0 Å². The molecule has 0 amide bonds. The summed E-state index contributed by atoms with van der Waals surface area (Å²) in [5.41, 5.74) is 0. The fraction of sp³-hybridized carbons (Fsp3) is 0. The van der Waals surface area contributed by atoms with Crippen molar-refractivity contribution in [3.8, 4) is 0 Å². The van der Waals surface area contributed by atoms with E-state index in [1.807, 2.05) is 0 Å². The third-order valence-corrected chi connectivity index (χ3v) is 0. The van der Waals surface area contributed by atoms with Crippen molar-refractivity contribution in [2.45, 2.75) is 0 Å². The quantitative estimate of drug-likeness (QED) is 0.357. The van der Waals surface area contributed by atoms with Crippen LogP contribution in [0.5, 0.6) is 0 Å². The molecule has 0 N–H and O–H groups in total. The molecule has 0 radical (unpaired) electrons. The molecule has 0 bridgehead atoms. The van der Waals surface area contributed by atoms with Crippen LogP contribution in [0.3, 0.4) is 0 Å². The van der Waals surface area contributed by atoms with Crippen molar-refractivity contribution in [2.75, 3.05) is 0 Å². The first-order valence-corrected chi connectivity index (χ1v) is 0. The second-order valence-electron chi connectivity index (χ2n) is 0. The van der Waals surface area contributed by atoms with Crippen LogP contribution in [0, 0.1) is 0 Å². The van der Waals surface area contributed by atoms with Gasteiger partial charge in [-0.3, -0.25) is 0 Å². The second-order valence-corrected chi connectivity index (χ2v) is 0. The van der Waals surface area contributed by atoms with Crippen LogP contribution < -0.4 is 0 Å². The number of hydrogen-bond acceptors (Lipinski definition) is 0. The predicted octanol–water partition coefficient (Wildman–Crippen LogP) is -0.0150. The fourth-order valence-corrected chi connectivity index (χ4v) is 0. The van der Waals surface area contributed by atoms with Gasteiger partial charge in [-0.05, 0) is 0 Å². The molecule has 0 spiro atoms. The Morgan fingerprint density at radius 2 is 0.167 bits per heavy atom. The largest absolute Gasteiger partial charge is 0 e. The Balaban J connectivity index is 0. The van der Waals surface area contributed by atoms with Gasteiger partial charge < -0.3 is 0 Å². The van der Waals surface area contributed by atoms with Crippen LogP contribution in [-0.2, 0) is 126 Å². The van der Waals surface area contributed by atoms with E-state index in [4.69, 9.17) is 0 Å². The van der Waals surface area contributed by atoms with E-state index in [0.29, 0.717) is 0 Å². The Kier molecular flexibility index (Phi) is 292. The summed E-state index contributed by atoms with van der Waals surface area (Å²) in [6.07, 6.45) is 0. The Morgan fingerprint density at radius 1 is 0.167 bits per heavy atom. The van der Waals surface area contributed by atoms with Crippen LogP contribution in [0.15, 0.2) is 0 Å². The predicted molar refractivity (Wildman–Crippen MR) is 0 cm³/mol. The van der Waals surface area contributed by atoms with Crippen molar-refractivity contribution in [3.63, 3.8) is 0 Å². The van der Waals surface area contributed by atoms with Gasteiger partial charge in [0.15, 0.2) is 0 Å². The molecule has 0 aliphatic heterocycles. The zero-order chi connectivity index (χ0) is 0. The van der Waals surface area contributed by atoms with Crippen LogP contribution in [0.4, 0.5) is 0 Å². The average Bonchev–Trinajstić information content (AvgIpc) is 0. The Morgan fingerprint density at radius 3 is 0.167 bits per heavy atom. The third-order valence-electron chi connectivity index (χ3n) is 0. The van der Waals surface area contributed by atoms with Gasteiger partial charge in [-0.25, -0.2) is 0 Å². The maximum Gasteiger partial charge on any atom is 0 e. The molecule has 0 aromatic rings. The molecular weight excluding hydrogens is 576 g/mol. The number of hydrogen-bond donors (Lipinski definition) is 0. The van der Waals surface area contributed by atoms with Crippen LogP contribution >= 0.6 is 0 Å². The molecule has 36 valence electrons. The standard InChI is InChI=1S/6Mo. The minimum absolute atomic E-state index is 0. The summed E-state index contributed by atoms with van der Waals surface area (Å²) in [6, 6.07) is 0. The molecular formula is Mo6. The van der Waals surface area contributed by atoms with E-state index < -0.39 is 0 Å². The van der Waals surface area contributed by atoms with E-state index in [1.165, 1.54) is 0 Å². The molecule has 0 saturated heterocycles. The zero-order valence-electron chi connectivity index (χ0n) is 2.45. The van der Waals surface area contributed by atoms with E-state index in [9.17, 15) is 0 Å². The minimum atomic E-state index is 0. The summed E-state index contributed by atoms with van der Waals surface area (Å²) in [7, 11) is 0. The average molecular weight is 576 g/mol.